The quantitative estimate of drug-likeness (QED) is 0.403. The number of methoxy groups -OCH3 is 1. The summed E-state index contributed by atoms with van der Waals surface area (Å²) in [6.45, 7) is 0.556. The molecule has 164 valence electrons. The summed E-state index contributed by atoms with van der Waals surface area (Å²) >= 11 is 0. The molecular formula is C26H23N5O2. The number of hydrogen-bond donors (Lipinski definition) is 2. The molecule has 1 amide bonds. The van der Waals surface area contributed by atoms with Gasteiger partial charge in [0.25, 0.3) is 5.91 Å². The number of aromatic nitrogens is 3. The lowest BCUT2D eigenvalue weighted by Gasteiger charge is -2.09. The van der Waals surface area contributed by atoms with Crippen molar-refractivity contribution in [2.24, 2.45) is 0 Å². The molecule has 0 fully saturated rings. The van der Waals surface area contributed by atoms with E-state index in [1.54, 1.807) is 7.11 Å². The molecule has 2 heterocycles. The van der Waals surface area contributed by atoms with Crippen molar-refractivity contribution in [3.05, 3.63) is 90.0 Å². The van der Waals surface area contributed by atoms with Crippen LogP contribution >= 0.6 is 0 Å². The van der Waals surface area contributed by atoms with E-state index in [1.807, 2.05) is 83.4 Å². The Hall–Kier alpha value is -4.39. The van der Waals surface area contributed by atoms with Gasteiger partial charge in [-0.3, -0.25) is 4.79 Å². The molecule has 7 heteroatoms. The first kappa shape index (κ1) is 20.5. The topological polar surface area (TPSA) is 95.1 Å². The minimum atomic E-state index is -0.309. The Kier molecular flexibility index (Phi) is 5.36. The zero-order valence-corrected chi connectivity index (χ0v) is 18.2. The van der Waals surface area contributed by atoms with Gasteiger partial charge in [-0.1, -0.05) is 42.5 Å². The maximum atomic E-state index is 13.3. The first-order chi connectivity index (χ1) is 16.1. The third kappa shape index (κ3) is 3.96. The fourth-order valence-corrected chi connectivity index (χ4v) is 3.92. The Morgan fingerprint density at radius 3 is 2.30 bits per heavy atom. The first-order valence-electron chi connectivity index (χ1n) is 10.7. The highest BCUT2D eigenvalue weighted by Gasteiger charge is 2.24. The molecule has 0 radical (unpaired) electrons. The van der Waals surface area contributed by atoms with Crippen molar-refractivity contribution in [1.29, 1.82) is 0 Å². The number of hydrogen-bond acceptors (Lipinski definition) is 5. The van der Waals surface area contributed by atoms with Gasteiger partial charge in [0.1, 0.15) is 22.6 Å². The van der Waals surface area contributed by atoms with Gasteiger partial charge in [-0.15, -0.1) is 0 Å². The zero-order chi connectivity index (χ0) is 22.8. The fraction of sp³-hybridized carbons (Fsp3) is 0.115. The number of fused-ring (bicyclic) bond motifs is 2. The molecular weight excluding hydrogens is 414 g/mol. The van der Waals surface area contributed by atoms with Gasteiger partial charge in [0.2, 0.25) is 0 Å². The fourth-order valence-electron chi connectivity index (χ4n) is 3.92. The molecule has 2 aromatic heterocycles. The van der Waals surface area contributed by atoms with Gasteiger partial charge in [-0.25, -0.2) is 9.97 Å². The van der Waals surface area contributed by atoms with Crippen molar-refractivity contribution in [2.45, 2.75) is 13.0 Å². The van der Waals surface area contributed by atoms with E-state index in [-0.39, 0.29) is 5.91 Å². The number of anilines is 2. The summed E-state index contributed by atoms with van der Waals surface area (Å²) in [7, 11) is 1.65. The van der Waals surface area contributed by atoms with Crippen molar-refractivity contribution >= 4 is 39.6 Å². The van der Waals surface area contributed by atoms with Crippen molar-refractivity contribution in [3.63, 3.8) is 0 Å². The number of nitrogens with two attached hydrogens (primary N) is 1. The van der Waals surface area contributed by atoms with Crippen molar-refractivity contribution in [1.82, 2.24) is 14.5 Å². The molecule has 0 bridgehead atoms. The van der Waals surface area contributed by atoms with Crippen LogP contribution in [0, 0.1) is 0 Å². The summed E-state index contributed by atoms with van der Waals surface area (Å²) in [6.07, 6.45) is 0.715. The molecule has 0 saturated heterocycles. The largest absolute Gasteiger partial charge is 0.497 e. The van der Waals surface area contributed by atoms with Crippen LogP contribution < -0.4 is 15.8 Å². The molecule has 0 aliphatic heterocycles. The lowest BCUT2D eigenvalue weighted by atomic mass is 10.1. The van der Waals surface area contributed by atoms with Crippen LogP contribution in [0.2, 0.25) is 0 Å². The predicted molar refractivity (Wildman–Crippen MR) is 131 cm³/mol. The number of nitrogens with one attached hydrogen (secondary N) is 1. The minimum absolute atomic E-state index is 0.309. The molecule has 5 aromatic rings. The molecule has 3 N–H and O–H groups in total. The van der Waals surface area contributed by atoms with Crippen molar-refractivity contribution in [3.8, 4) is 5.75 Å². The van der Waals surface area contributed by atoms with Crippen LogP contribution in [0.5, 0.6) is 5.75 Å². The number of benzene rings is 3. The van der Waals surface area contributed by atoms with Crippen LogP contribution in [0.15, 0.2) is 78.9 Å². The van der Waals surface area contributed by atoms with Crippen molar-refractivity contribution < 1.29 is 9.53 Å². The molecule has 7 nitrogen and oxygen atoms in total. The van der Waals surface area contributed by atoms with Gasteiger partial charge in [0.15, 0.2) is 5.65 Å². The van der Waals surface area contributed by atoms with Crippen LogP contribution in [-0.2, 0) is 13.0 Å². The second-order valence-corrected chi connectivity index (χ2v) is 7.71. The highest BCUT2D eigenvalue weighted by atomic mass is 16.5. The van der Waals surface area contributed by atoms with Gasteiger partial charge in [0, 0.05) is 12.2 Å². The second kappa shape index (κ2) is 8.63. The average Bonchev–Trinajstić information content (AvgIpc) is 3.12. The number of ether oxygens (including phenoxy) is 1. The van der Waals surface area contributed by atoms with E-state index in [0.717, 1.165) is 16.8 Å². The smallest absolute Gasteiger partial charge is 0.261 e. The number of nitrogen functional groups attached to an aromatic ring is 1. The third-order valence-electron chi connectivity index (χ3n) is 5.63. The van der Waals surface area contributed by atoms with E-state index in [4.69, 9.17) is 20.4 Å². The number of rotatable bonds is 6. The van der Waals surface area contributed by atoms with Crippen LogP contribution in [0.4, 0.5) is 11.5 Å². The zero-order valence-electron chi connectivity index (χ0n) is 18.2. The lowest BCUT2D eigenvalue weighted by molar-refractivity contribution is 0.102. The van der Waals surface area contributed by atoms with E-state index in [9.17, 15) is 4.79 Å². The average molecular weight is 438 g/mol. The Morgan fingerprint density at radius 1 is 0.939 bits per heavy atom. The molecule has 0 aliphatic carbocycles. The van der Waals surface area contributed by atoms with E-state index >= 15 is 0 Å². The summed E-state index contributed by atoms with van der Waals surface area (Å²) < 4.78 is 7.11. The third-order valence-corrected chi connectivity index (χ3v) is 5.63. The van der Waals surface area contributed by atoms with Gasteiger partial charge >= 0.3 is 0 Å². The summed E-state index contributed by atoms with van der Waals surface area (Å²) in [4.78, 5) is 22.8. The standard InChI is InChI=1S/C26H23N5O2/c1-33-19-13-11-17(12-14-19)15-16-31-24(27)22(26(32)28-18-7-3-2-4-8-18)23-25(31)30-21-10-6-5-9-20(21)29-23/h2-14H,15-16,27H2,1H3,(H,28,32). The van der Waals surface area contributed by atoms with Gasteiger partial charge in [-0.05, 0) is 48.4 Å². The Bertz CT molecular complexity index is 1440. The normalized spacial score (nSPS) is 11.1. The molecule has 0 atom stereocenters. The Balaban J connectivity index is 1.57. The molecule has 0 unspecified atom stereocenters. The Labute approximate surface area is 190 Å². The number of aryl methyl sites for hydroxylation is 2. The minimum Gasteiger partial charge on any atom is -0.497 e. The predicted octanol–water partition coefficient (Wildman–Crippen LogP) is 4.67. The number of para-hydroxylation sites is 3. The molecule has 3 aromatic carbocycles. The lowest BCUT2D eigenvalue weighted by Crippen LogP contribution is -2.15. The second-order valence-electron chi connectivity index (χ2n) is 7.71. The van der Waals surface area contributed by atoms with Crippen LogP contribution in [0.25, 0.3) is 22.2 Å². The Morgan fingerprint density at radius 2 is 1.61 bits per heavy atom. The van der Waals surface area contributed by atoms with Gasteiger partial charge in [0.05, 0.1) is 18.1 Å². The summed E-state index contributed by atoms with van der Waals surface area (Å²) in [5, 5.41) is 2.93. The van der Waals surface area contributed by atoms with E-state index < -0.39 is 0 Å². The van der Waals surface area contributed by atoms with E-state index in [2.05, 4.69) is 5.32 Å². The SMILES string of the molecule is COc1ccc(CCn2c(N)c(C(=O)Nc3ccccc3)c3nc4ccccc4nc32)cc1. The number of carbonyl (C=O) groups excluding carboxylic acids is 1. The van der Waals surface area contributed by atoms with Crippen LogP contribution in [-0.4, -0.2) is 27.6 Å². The van der Waals surface area contributed by atoms with Crippen LogP contribution in [0.3, 0.4) is 0 Å². The highest BCUT2D eigenvalue weighted by Crippen LogP contribution is 2.29. The number of nitrogens with zero attached hydrogens (tertiary/aromatic N) is 3. The molecule has 0 spiro atoms. The maximum Gasteiger partial charge on any atom is 0.261 e. The van der Waals surface area contributed by atoms with Crippen LogP contribution in [0.1, 0.15) is 15.9 Å². The van der Waals surface area contributed by atoms with Gasteiger partial charge < -0.3 is 20.4 Å². The molecule has 0 aliphatic rings. The van der Waals surface area contributed by atoms with Gasteiger partial charge in [-0.2, -0.15) is 0 Å². The van der Waals surface area contributed by atoms with Crippen molar-refractivity contribution in [2.75, 3.05) is 18.2 Å². The summed E-state index contributed by atoms with van der Waals surface area (Å²) in [5.74, 6) is 0.848. The highest BCUT2D eigenvalue weighted by molar-refractivity contribution is 6.16. The molecule has 0 saturated carbocycles. The number of carbonyl (C=O) groups is 1. The first-order valence-corrected chi connectivity index (χ1v) is 10.7. The molecule has 33 heavy (non-hydrogen) atoms. The molecule has 5 rings (SSSR count). The maximum absolute atomic E-state index is 13.3. The summed E-state index contributed by atoms with van der Waals surface area (Å²) in [6, 6.07) is 24.8. The van der Waals surface area contributed by atoms with E-state index in [0.29, 0.717) is 46.7 Å². The monoisotopic (exact) mass is 437 g/mol. The summed E-state index contributed by atoms with van der Waals surface area (Å²) in [5.41, 5.74) is 11.3. The van der Waals surface area contributed by atoms with E-state index in [1.165, 1.54) is 0 Å². The number of amides is 1.